The van der Waals surface area contributed by atoms with Crippen LogP contribution in [0, 0.1) is 0 Å². The minimum atomic E-state index is -0.470. The third-order valence-corrected chi connectivity index (χ3v) is 7.51. The third kappa shape index (κ3) is 5.29. The van der Waals surface area contributed by atoms with E-state index in [2.05, 4.69) is 13.8 Å². The summed E-state index contributed by atoms with van der Waals surface area (Å²) in [6.07, 6.45) is 1.03. The minimum Gasteiger partial charge on any atom is -0.315 e. The summed E-state index contributed by atoms with van der Waals surface area (Å²) in [6, 6.07) is 22.6. The maximum Gasteiger partial charge on any atom is 0.266 e. The lowest BCUT2D eigenvalue weighted by molar-refractivity contribution is -0.117. The van der Waals surface area contributed by atoms with E-state index in [-0.39, 0.29) is 11.5 Å². The molecule has 0 unspecified atom stereocenters. The molecular formula is C28H28ClN3O2S. The molecule has 3 aromatic carbocycles. The van der Waals surface area contributed by atoms with Crippen LogP contribution in [0.25, 0.3) is 16.6 Å². The van der Waals surface area contributed by atoms with Gasteiger partial charge in [0.1, 0.15) is 0 Å². The van der Waals surface area contributed by atoms with E-state index in [0.717, 1.165) is 12.1 Å². The van der Waals surface area contributed by atoms with Crippen molar-refractivity contribution in [3.63, 3.8) is 0 Å². The third-order valence-electron chi connectivity index (χ3n) is 6.24. The lowest BCUT2D eigenvalue weighted by atomic mass is 9.98. The molecule has 0 aliphatic heterocycles. The van der Waals surface area contributed by atoms with E-state index < -0.39 is 5.25 Å². The number of nitrogens with zero attached hydrogens (tertiary/aromatic N) is 3. The fraction of sp³-hybridized carbons (Fsp3) is 0.250. The van der Waals surface area contributed by atoms with Gasteiger partial charge in [-0.2, -0.15) is 0 Å². The highest BCUT2D eigenvalue weighted by molar-refractivity contribution is 8.00. The number of amides is 1. The van der Waals surface area contributed by atoms with Gasteiger partial charge in [0, 0.05) is 17.8 Å². The van der Waals surface area contributed by atoms with Crippen molar-refractivity contribution in [2.24, 2.45) is 0 Å². The number of rotatable bonds is 7. The molecule has 0 radical (unpaired) electrons. The monoisotopic (exact) mass is 505 g/mol. The first-order valence-electron chi connectivity index (χ1n) is 11.6. The second-order valence-electron chi connectivity index (χ2n) is 8.59. The summed E-state index contributed by atoms with van der Waals surface area (Å²) >= 11 is 7.46. The first-order valence-corrected chi connectivity index (χ1v) is 12.9. The molecule has 180 valence electrons. The highest BCUT2D eigenvalue weighted by Crippen LogP contribution is 2.29. The summed E-state index contributed by atoms with van der Waals surface area (Å²) in [5.41, 5.74) is 3.06. The second-order valence-corrected chi connectivity index (χ2v) is 10.3. The van der Waals surface area contributed by atoms with Crippen LogP contribution in [-0.2, 0) is 4.79 Å². The standard InChI is InChI=1S/C28H28ClN3O2S/c1-5-18(2)20-11-14-23(15-12-20)32-27(34)24-17-21(29)13-16-25(24)30-28(32)35-19(3)26(33)31(4)22-9-7-6-8-10-22/h6-19H,5H2,1-4H3/t18-,19-/m0/s1. The molecule has 4 rings (SSSR count). The molecular weight excluding hydrogens is 478 g/mol. The molecule has 2 atom stereocenters. The Balaban J connectivity index is 1.77. The van der Waals surface area contributed by atoms with E-state index in [0.29, 0.717) is 32.7 Å². The Kier molecular flexibility index (Phi) is 7.63. The molecule has 35 heavy (non-hydrogen) atoms. The topological polar surface area (TPSA) is 55.2 Å². The summed E-state index contributed by atoms with van der Waals surface area (Å²) in [7, 11) is 1.76. The van der Waals surface area contributed by atoms with E-state index in [1.54, 1.807) is 34.7 Å². The number of fused-ring (bicyclic) bond motifs is 1. The molecule has 0 aliphatic rings. The predicted octanol–water partition coefficient (Wildman–Crippen LogP) is 6.70. The highest BCUT2D eigenvalue weighted by atomic mass is 35.5. The number of hydrogen-bond donors (Lipinski definition) is 0. The molecule has 5 nitrogen and oxygen atoms in total. The SMILES string of the molecule is CC[C@H](C)c1ccc(-n2c(S[C@@H](C)C(=O)N(C)c3ccccc3)nc3ccc(Cl)cc3c2=O)cc1. The highest BCUT2D eigenvalue weighted by Gasteiger charge is 2.23. The molecule has 4 aromatic rings. The summed E-state index contributed by atoms with van der Waals surface area (Å²) < 4.78 is 1.58. The van der Waals surface area contributed by atoms with Gasteiger partial charge in [-0.3, -0.25) is 14.2 Å². The second kappa shape index (κ2) is 10.7. The van der Waals surface area contributed by atoms with Crippen LogP contribution >= 0.6 is 23.4 Å². The van der Waals surface area contributed by atoms with E-state index >= 15 is 0 Å². The van der Waals surface area contributed by atoms with Gasteiger partial charge in [0.2, 0.25) is 5.91 Å². The number of hydrogen-bond acceptors (Lipinski definition) is 4. The fourth-order valence-corrected chi connectivity index (χ4v) is 5.08. The number of anilines is 1. The summed E-state index contributed by atoms with van der Waals surface area (Å²) in [6.45, 7) is 6.17. The normalized spacial score (nSPS) is 12.9. The predicted molar refractivity (Wildman–Crippen MR) is 146 cm³/mol. The number of thioether (sulfide) groups is 1. The van der Waals surface area contributed by atoms with Gasteiger partial charge in [-0.25, -0.2) is 4.98 Å². The zero-order chi connectivity index (χ0) is 25.1. The Morgan fingerprint density at radius 2 is 1.74 bits per heavy atom. The first kappa shape index (κ1) is 25.0. The average Bonchev–Trinajstić information content (AvgIpc) is 2.88. The molecule has 0 N–H and O–H groups in total. The number of carbonyl (C=O) groups excluding carboxylic acids is 1. The Morgan fingerprint density at radius 3 is 2.40 bits per heavy atom. The molecule has 0 aliphatic carbocycles. The van der Waals surface area contributed by atoms with Crippen LogP contribution in [0.3, 0.4) is 0 Å². The summed E-state index contributed by atoms with van der Waals surface area (Å²) in [5.74, 6) is 0.347. The molecule has 0 spiro atoms. The average molecular weight is 506 g/mol. The van der Waals surface area contributed by atoms with Crippen molar-refractivity contribution in [2.45, 2.75) is 43.5 Å². The van der Waals surface area contributed by atoms with Crippen LogP contribution in [0.1, 0.15) is 38.7 Å². The van der Waals surface area contributed by atoms with Crippen molar-refractivity contribution in [1.82, 2.24) is 9.55 Å². The Hall–Kier alpha value is -3.09. The van der Waals surface area contributed by atoms with Gasteiger partial charge in [0.25, 0.3) is 5.56 Å². The molecule has 0 saturated heterocycles. The van der Waals surface area contributed by atoms with Crippen LogP contribution in [0.4, 0.5) is 5.69 Å². The lowest BCUT2D eigenvalue weighted by Crippen LogP contribution is -2.33. The van der Waals surface area contributed by atoms with Gasteiger partial charge in [0.05, 0.1) is 21.8 Å². The van der Waals surface area contributed by atoms with Gasteiger partial charge in [-0.15, -0.1) is 0 Å². The van der Waals surface area contributed by atoms with Crippen molar-refractivity contribution in [3.8, 4) is 5.69 Å². The zero-order valence-electron chi connectivity index (χ0n) is 20.2. The molecule has 0 bridgehead atoms. The quantitative estimate of drug-likeness (QED) is 0.207. The molecule has 1 amide bonds. The zero-order valence-corrected chi connectivity index (χ0v) is 21.8. The number of halogens is 1. The van der Waals surface area contributed by atoms with E-state index in [1.165, 1.54) is 17.3 Å². The van der Waals surface area contributed by atoms with Gasteiger partial charge < -0.3 is 4.90 Å². The molecule has 7 heteroatoms. The van der Waals surface area contributed by atoms with Crippen LogP contribution in [-0.4, -0.2) is 27.8 Å². The number of carbonyl (C=O) groups is 1. The van der Waals surface area contributed by atoms with Crippen molar-refractivity contribution in [2.75, 3.05) is 11.9 Å². The van der Waals surface area contributed by atoms with Gasteiger partial charge in [-0.05, 0) is 67.3 Å². The smallest absolute Gasteiger partial charge is 0.266 e. The number of benzene rings is 3. The van der Waals surface area contributed by atoms with Crippen molar-refractivity contribution in [3.05, 3.63) is 93.7 Å². The van der Waals surface area contributed by atoms with E-state index in [1.807, 2.05) is 61.5 Å². The summed E-state index contributed by atoms with van der Waals surface area (Å²) in [5, 5.41) is 0.905. The first-order chi connectivity index (χ1) is 16.8. The van der Waals surface area contributed by atoms with Crippen molar-refractivity contribution < 1.29 is 4.79 Å². The van der Waals surface area contributed by atoms with Crippen LogP contribution in [0.5, 0.6) is 0 Å². The van der Waals surface area contributed by atoms with Crippen LogP contribution in [0.15, 0.2) is 82.7 Å². The maximum atomic E-state index is 13.6. The van der Waals surface area contributed by atoms with Gasteiger partial charge >= 0.3 is 0 Å². The van der Waals surface area contributed by atoms with Crippen molar-refractivity contribution >= 4 is 45.9 Å². The number of para-hydroxylation sites is 1. The van der Waals surface area contributed by atoms with Gasteiger partial charge in [-0.1, -0.05) is 67.5 Å². The van der Waals surface area contributed by atoms with E-state index in [9.17, 15) is 9.59 Å². The lowest BCUT2D eigenvalue weighted by Gasteiger charge is -2.22. The van der Waals surface area contributed by atoms with Crippen LogP contribution in [0.2, 0.25) is 5.02 Å². The van der Waals surface area contributed by atoms with E-state index in [4.69, 9.17) is 16.6 Å². The maximum absolute atomic E-state index is 13.6. The number of aromatic nitrogens is 2. The van der Waals surface area contributed by atoms with Gasteiger partial charge in [0.15, 0.2) is 5.16 Å². The molecule has 0 fully saturated rings. The Bertz CT molecular complexity index is 1400. The molecule has 0 saturated carbocycles. The largest absolute Gasteiger partial charge is 0.315 e. The van der Waals surface area contributed by atoms with Crippen LogP contribution < -0.4 is 10.5 Å². The van der Waals surface area contributed by atoms with Crippen molar-refractivity contribution in [1.29, 1.82) is 0 Å². The summed E-state index contributed by atoms with van der Waals surface area (Å²) in [4.78, 5) is 33.3. The Labute approximate surface area is 214 Å². The fourth-order valence-electron chi connectivity index (χ4n) is 3.89. The minimum absolute atomic E-state index is 0.0784. The molecule has 1 aromatic heterocycles. The Morgan fingerprint density at radius 1 is 1.06 bits per heavy atom. The molecule has 1 heterocycles.